The van der Waals surface area contributed by atoms with Crippen molar-refractivity contribution in [3.05, 3.63) is 96.2 Å². The minimum Gasteiger partial charge on any atom is -0.489 e. The van der Waals surface area contributed by atoms with E-state index in [0.29, 0.717) is 23.9 Å². The van der Waals surface area contributed by atoms with Crippen molar-refractivity contribution in [2.75, 3.05) is 13.2 Å². The van der Waals surface area contributed by atoms with Crippen LogP contribution in [0.1, 0.15) is 37.9 Å². The van der Waals surface area contributed by atoms with Crippen molar-refractivity contribution in [1.82, 2.24) is 4.98 Å². The van der Waals surface area contributed by atoms with E-state index in [0.717, 1.165) is 22.2 Å². The lowest BCUT2D eigenvalue weighted by molar-refractivity contribution is -0.152. The zero-order valence-corrected chi connectivity index (χ0v) is 22.7. The normalized spacial score (nSPS) is 11.4. The van der Waals surface area contributed by atoms with Gasteiger partial charge in [0.05, 0.1) is 24.4 Å². The molecule has 1 unspecified atom stereocenters. The molecule has 3 aromatic carbocycles. The molecule has 0 radical (unpaired) electrons. The fourth-order valence-electron chi connectivity index (χ4n) is 3.97. The van der Waals surface area contributed by atoms with Crippen LogP contribution in [0, 0.1) is 0 Å². The van der Waals surface area contributed by atoms with Crippen LogP contribution in [0.4, 0.5) is 0 Å². The maximum atomic E-state index is 12.5. The van der Waals surface area contributed by atoms with E-state index in [-0.39, 0.29) is 32.7 Å². The zero-order chi connectivity index (χ0) is 28.2. The molecule has 0 saturated heterocycles. The molecular weight excluding hydrogens is 510 g/mol. The summed E-state index contributed by atoms with van der Waals surface area (Å²) in [7, 11) is 0. The smallest absolute Gasteiger partial charge is 0.347 e. The SMILES string of the molecule is CCOC(=O)CCC(Oc1ccccc1COc1ccc(OCc2ccc3ccccc3n2)cc1)C(=O)OCC. The molecule has 0 saturated carbocycles. The number of fused-ring (bicyclic) bond motifs is 1. The van der Waals surface area contributed by atoms with Crippen molar-refractivity contribution in [1.29, 1.82) is 0 Å². The Kier molecular flexibility index (Phi) is 10.3. The summed E-state index contributed by atoms with van der Waals surface area (Å²) in [6.07, 6.45) is -0.760. The first-order valence-corrected chi connectivity index (χ1v) is 13.3. The van der Waals surface area contributed by atoms with Crippen LogP contribution in [0.15, 0.2) is 84.9 Å². The Morgan fingerprint density at radius 3 is 2.17 bits per heavy atom. The number of carbonyl (C=O) groups is 2. The molecule has 8 heteroatoms. The lowest BCUT2D eigenvalue weighted by Gasteiger charge is -2.19. The standard InChI is InChI=1S/C32H33NO7/c1-3-36-31(34)20-19-30(32(35)37-4-2)40-29-12-8-6-10-24(29)21-38-26-15-17-27(18-16-26)39-22-25-14-13-23-9-5-7-11-28(23)33-25/h5-18,30H,3-4,19-22H2,1-2H3. The lowest BCUT2D eigenvalue weighted by Crippen LogP contribution is -2.30. The number of esters is 2. The molecule has 4 aromatic rings. The van der Waals surface area contributed by atoms with Crippen molar-refractivity contribution in [3.8, 4) is 17.2 Å². The van der Waals surface area contributed by atoms with Crippen LogP contribution in [-0.2, 0) is 32.3 Å². The summed E-state index contributed by atoms with van der Waals surface area (Å²) >= 11 is 0. The van der Waals surface area contributed by atoms with Gasteiger partial charge in [-0.1, -0.05) is 42.5 Å². The van der Waals surface area contributed by atoms with Gasteiger partial charge in [0.25, 0.3) is 0 Å². The maximum Gasteiger partial charge on any atom is 0.347 e. The Bertz CT molecular complexity index is 1400. The molecule has 1 atom stereocenters. The summed E-state index contributed by atoms with van der Waals surface area (Å²) in [6.45, 7) is 4.51. The van der Waals surface area contributed by atoms with Crippen LogP contribution in [0.5, 0.6) is 17.2 Å². The van der Waals surface area contributed by atoms with E-state index in [4.69, 9.17) is 23.7 Å². The quantitative estimate of drug-likeness (QED) is 0.178. The Hall–Kier alpha value is -4.59. The van der Waals surface area contributed by atoms with E-state index in [9.17, 15) is 9.59 Å². The van der Waals surface area contributed by atoms with Gasteiger partial charge in [0, 0.05) is 23.8 Å². The van der Waals surface area contributed by atoms with Crippen molar-refractivity contribution >= 4 is 22.8 Å². The molecule has 208 valence electrons. The molecule has 0 aliphatic carbocycles. The molecule has 0 aliphatic rings. The monoisotopic (exact) mass is 543 g/mol. The third-order valence-corrected chi connectivity index (χ3v) is 5.97. The third-order valence-electron chi connectivity index (χ3n) is 5.97. The van der Waals surface area contributed by atoms with E-state index in [1.165, 1.54) is 0 Å². The highest BCUT2D eigenvalue weighted by Gasteiger charge is 2.24. The van der Waals surface area contributed by atoms with Gasteiger partial charge >= 0.3 is 11.9 Å². The van der Waals surface area contributed by atoms with E-state index >= 15 is 0 Å². The minimum absolute atomic E-state index is 0.0430. The highest BCUT2D eigenvalue weighted by Crippen LogP contribution is 2.25. The highest BCUT2D eigenvalue weighted by atomic mass is 16.6. The van der Waals surface area contributed by atoms with Gasteiger partial charge in [0.2, 0.25) is 0 Å². The predicted molar refractivity (Wildman–Crippen MR) is 150 cm³/mol. The van der Waals surface area contributed by atoms with E-state index in [2.05, 4.69) is 4.98 Å². The topological polar surface area (TPSA) is 93.2 Å². The largest absolute Gasteiger partial charge is 0.489 e. The van der Waals surface area contributed by atoms with Crippen molar-refractivity contribution in [2.45, 2.75) is 46.0 Å². The van der Waals surface area contributed by atoms with E-state index < -0.39 is 18.0 Å². The summed E-state index contributed by atoms with van der Waals surface area (Å²) in [5, 5.41) is 1.09. The summed E-state index contributed by atoms with van der Waals surface area (Å²) < 4.78 is 28.0. The molecule has 4 rings (SSSR count). The number of pyridine rings is 1. The van der Waals surface area contributed by atoms with Gasteiger partial charge in [-0.25, -0.2) is 9.78 Å². The summed E-state index contributed by atoms with van der Waals surface area (Å²) in [5.41, 5.74) is 2.53. The fraction of sp³-hybridized carbons (Fsp3) is 0.281. The summed E-state index contributed by atoms with van der Waals surface area (Å²) in [5.74, 6) is 0.905. The van der Waals surface area contributed by atoms with Gasteiger partial charge < -0.3 is 23.7 Å². The van der Waals surface area contributed by atoms with Crippen LogP contribution in [0.3, 0.4) is 0 Å². The average Bonchev–Trinajstić information content (AvgIpc) is 2.98. The Balaban J connectivity index is 1.34. The summed E-state index contributed by atoms with van der Waals surface area (Å²) in [6, 6.07) is 26.6. The van der Waals surface area contributed by atoms with Crippen LogP contribution in [0.25, 0.3) is 10.9 Å². The van der Waals surface area contributed by atoms with Crippen LogP contribution in [0.2, 0.25) is 0 Å². The van der Waals surface area contributed by atoms with Gasteiger partial charge in [-0.2, -0.15) is 0 Å². The predicted octanol–water partition coefficient (Wildman–Crippen LogP) is 6.05. The number of hydrogen-bond donors (Lipinski definition) is 0. The molecule has 0 aliphatic heterocycles. The van der Waals surface area contributed by atoms with Gasteiger partial charge in [-0.3, -0.25) is 4.79 Å². The molecule has 1 heterocycles. The first-order chi connectivity index (χ1) is 19.6. The van der Waals surface area contributed by atoms with Gasteiger partial charge in [-0.05, 0) is 56.3 Å². The summed E-state index contributed by atoms with van der Waals surface area (Å²) in [4.78, 5) is 29.0. The molecule has 0 bridgehead atoms. The van der Waals surface area contributed by atoms with E-state index in [1.807, 2.05) is 78.9 Å². The van der Waals surface area contributed by atoms with Gasteiger partial charge in [0.15, 0.2) is 6.10 Å². The number of nitrogens with zero attached hydrogens (tertiary/aromatic N) is 1. The Labute approximate surface area is 233 Å². The number of para-hydroxylation sites is 2. The van der Waals surface area contributed by atoms with Crippen molar-refractivity contribution < 1.29 is 33.3 Å². The number of carbonyl (C=O) groups excluding carboxylic acids is 2. The number of ether oxygens (including phenoxy) is 5. The molecule has 0 spiro atoms. The Morgan fingerprint density at radius 2 is 1.43 bits per heavy atom. The van der Waals surface area contributed by atoms with E-state index in [1.54, 1.807) is 19.9 Å². The highest BCUT2D eigenvalue weighted by molar-refractivity contribution is 5.78. The number of benzene rings is 3. The first kappa shape index (κ1) is 28.4. The Morgan fingerprint density at radius 1 is 0.750 bits per heavy atom. The molecule has 0 N–H and O–H groups in total. The molecule has 8 nitrogen and oxygen atoms in total. The molecule has 0 fully saturated rings. The van der Waals surface area contributed by atoms with Crippen molar-refractivity contribution in [2.24, 2.45) is 0 Å². The first-order valence-electron chi connectivity index (χ1n) is 13.3. The molecule has 0 amide bonds. The number of rotatable bonds is 14. The van der Waals surface area contributed by atoms with Crippen LogP contribution < -0.4 is 14.2 Å². The third kappa shape index (κ3) is 8.20. The van der Waals surface area contributed by atoms with Gasteiger partial charge in [0.1, 0.15) is 30.5 Å². The second-order valence-electron chi connectivity index (χ2n) is 8.85. The minimum atomic E-state index is -0.945. The zero-order valence-electron chi connectivity index (χ0n) is 22.7. The average molecular weight is 544 g/mol. The van der Waals surface area contributed by atoms with Crippen LogP contribution in [-0.4, -0.2) is 36.2 Å². The second kappa shape index (κ2) is 14.5. The molecular formula is C32H33NO7. The fourth-order valence-corrected chi connectivity index (χ4v) is 3.97. The molecule has 40 heavy (non-hydrogen) atoms. The maximum absolute atomic E-state index is 12.5. The second-order valence-corrected chi connectivity index (χ2v) is 8.85. The van der Waals surface area contributed by atoms with Gasteiger partial charge in [-0.15, -0.1) is 0 Å². The number of aromatic nitrogens is 1. The molecule has 1 aromatic heterocycles. The lowest BCUT2D eigenvalue weighted by atomic mass is 10.1. The van der Waals surface area contributed by atoms with Crippen molar-refractivity contribution in [3.63, 3.8) is 0 Å². The van der Waals surface area contributed by atoms with Crippen LogP contribution >= 0.6 is 0 Å². The number of hydrogen-bond acceptors (Lipinski definition) is 8.